The standard InChI is InChI=1S/C16H22N4/c1-4-17-9-15-10-18-16(19-11-15)20(3)12-14-7-5-13(2)6-8-14/h5-8,10-11,17H,4,9,12H2,1-3H3. The van der Waals surface area contributed by atoms with Gasteiger partial charge in [-0.1, -0.05) is 36.8 Å². The van der Waals surface area contributed by atoms with E-state index in [0.29, 0.717) is 0 Å². The van der Waals surface area contributed by atoms with E-state index in [0.717, 1.165) is 31.1 Å². The molecule has 0 aliphatic rings. The molecule has 0 radical (unpaired) electrons. The molecule has 0 spiro atoms. The Morgan fingerprint density at radius 2 is 1.70 bits per heavy atom. The van der Waals surface area contributed by atoms with Gasteiger partial charge in [0.25, 0.3) is 0 Å². The van der Waals surface area contributed by atoms with Crippen molar-refractivity contribution < 1.29 is 0 Å². The lowest BCUT2D eigenvalue weighted by atomic mass is 10.1. The second kappa shape index (κ2) is 7.01. The Morgan fingerprint density at radius 1 is 1.05 bits per heavy atom. The largest absolute Gasteiger partial charge is 0.340 e. The molecule has 2 rings (SSSR count). The fourth-order valence-electron chi connectivity index (χ4n) is 1.94. The molecule has 0 amide bonds. The minimum absolute atomic E-state index is 0.755. The van der Waals surface area contributed by atoms with Crippen LogP contribution in [0.1, 0.15) is 23.6 Å². The van der Waals surface area contributed by atoms with Gasteiger partial charge in [-0.2, -0.15) is 0 Å². The molecule has 1 aromatic carbocycles. The van der Waals surface area contributed by atoms with Gasteiger partial charge >= 0.3 is 0 Å². The zero-order valence-electron chi connectivity index (χ0n) is 12.4. The summed E-state index contributed by atoms with van der Waals surface area (Å²) in [6.45, 7) is 6.77. The molecule has 4 nitrogen and oxygen atoms in total. The van der Waals surface area contributed by atoms with E-state index in [2.05, 4.69) is 58.3 Å². The molecule has 4 heteroatoms. The van der Waals surface area contributed by atoms with Crippen molar-refractivity contribution in [2.45, 2.75) is 26.9 Å². The molecule has 0 bridgehead atoms. The average molecular weight is 270 g/mol. The Kier molecular flexibility index (Phi) is 5.07. The first kappa shape index (κ1) is 14.5. The van der Waals surface area contributed by atoms with Crippen LogP contribution in [-0.2, 0) is 13.1 Å². The number of rotatable bonds is 6. The van der Waals surface area contributed by atoms with E-state index in [1.807, 2.05) is 19.4 Å². The van der Waals surface area contributed by atoms with Crippen molar-refractivity contribution in [3.05, 3.63) is 53.3 Å². The van der Waals surface area contributed by atoms with Crippen LogP contribution in [0.5, 0.6) is 0 Å². The quantitative estimate of drug-likeness (QED) is 0.876. The third-order valence-corrected chi connectivity index (χ3v) is 3.15. The van der Waals surface area contributed by atoms with Crippen LogP contribution in [0.3, 0.4) is 0 Å². The Balaban J connectivity index is 1.98. The van der Waals surface area contributed by atoms with Crippen molar-refractivity contribution >= 4 is 5.95 Å². The Labute approximate surface area is 120 Å². The van der Waals surface area contributed by atoms with Crippen LogP contribution in [0, 0.1) is 6.92 Å². The lowest BCUT2D eigenvalue weighted by Crippen LogP contribution is -2.19. The molecule has 1 aromatic heterocycles. The van der Waals surface area contributed by atoms with E-state index >= 15 is 0 Å². The molecule has 1 heterocycles. The summed E-state index contributed by atoms with van der Waals surface area (Å²) in [7, 11) is 2.01. The SMILES string of the molecule is CCNCc1cnc(N(C)Cc2ccc(C)cc2)nc1. The summed E-state index contributed by atoms with van der Waals surface area (Å²) in [6, 6.07) is 8.55. The number of anilines is 1. The van der Waals surface area contributed by atoms with Crippen molar-refractivity contribution in [2.24, 2.45) is 0 Å². The van der Waals surface area contributed by atoms with Gasteiger partial charge < -0.3 is 10.2 Å². The minimum Gasteiger partial charge on any atom is -0.340 e. The van der Waals surface area contributed by atoms with Gasteiger partial charge in [-0.3, -0.25) is 0 Å². The smallest absolute Gasteiger partial charge is 0.225 e. The van der Waals surface area contributed by atoms with Crippen molar-refractivity contribution in [3.8, 4) is 0 Å². The molecule has 0 aliphatic carbocycles. The van der Waals surface area contributed by atoms with Crippen molar-refractivity contribution in [3.63, 3.8) is 0 Å². The maximum absolute atomic E-state index is 4.42. The Bertz CT molecular complexity index is 519. The summed E-state index contributed by atoms with van der Waals surface area (Å²) in [5.74, 6) is 0.755. The third kappa shape index (κ3) is 4.03. The summed E-state index contributed by atoms with van der Waals surface area (Å²) >= 11 is 0. The second-order valence-electron chi connectivity index (χ2n) is 5.01. The lowest BCUT2D eigenvalue weighted by Gasteiger charge is -2.17. The Morgan fingerprint density at radius 3 is 2.30 bits per heavy atom. The highest BCUT2D eigenvalue weighted by molar-refractivity contribution is 5.32. The molecular weight excluding hydrogens is 248 g/mol. The molecule has 0 atom stereocenters. The first-order valence-corrected chi connectivity index (χ1v) is 6.97. The number of aromatic nitrogens is 2. The number of nitrogens with zero attached hydrogens (tertiary/aromatic N) is 3. The van der Waals surface area contributed by atoms with E-state index in [9.17, 15) is 0 Å². The molecule has 20 heavy (non-hydrogen) atoms. The van der Waals surface area contributed by atoms with E-state index < -0.39 is 0 Å². The molecule has 0 aliphatic heterocycles. The molecule has 0 fully saturated rings. The molecule has 0 saturated heterocycles. The number of aryl methyl sites for hydroxylation is 1. The maximum Gasteiger partial charge on any atom is 0.225 e. The van der Waals surface area contributed by atoms with Gasteiger partial charge in [0.1, 0.15) is 0 Å². The molecule has 106 valence electrons. The number of benzene rings is 1. The van der Waals surface area contributed by atoms with Crippen molar-refractivity contribution in [1.29, 1.82) is 0 Å². The maximum atomic E-state index is 4.42. The first-order chi connectivity index (χ1) is 9.69. The molecule has 0 saturated carbocycles. The zero-order chi connectivity index (χ0) is 14.4. The first-order valence-electron chi connectivity index (χ1n) is 6.97. The predicted molar refractivity (Wildman–Crippen MR) is 82.7 cm³/mol. The number of hydrogen-bond donors (Lipinski definition) is 1. The molecule has 0 unspecified atom stereocenters. The summed E-state index contributed by atoms with van der Waals surface area (Å²) in [6.07, 6.45) is 3.77. The second-order valence-corrected chi connectivity index (χ2v) is 5.01. The molecule has 2 aromatic rings. The zero-order valence-corrected chi connectivity index (χ0v) is 12.4. The van der Waals surface area contributed by atoms with Crippen LogP contribution in [0.25, 0.3) is 0 Å². The van der Waals surface area contributed by atoms with Gasteiger partial charge in [-0.15, -0.1) is 0 Å². The van der Waals surface area contributed by atoms with Crippen LogP contribution in [0.15, 0.2) is 36.7 Å². The fraction of sp³-hybridized carbons (Fsp3) is 0.375. The van der Waals surface area contributed by atoms with Gasteiger partial charge in [0.15, 0.2) is 0 Å². The van der Waals surface area contributed by atoms with E-state index in [4.69, 9.17) is 0 Å². The highest BCUT2D eigenvalue weighted by Gasteiger charge is 2.05. The van der Waals surface area contributed by atoms with Gasteiger partial charge in [0.05, 0.1) is 0 Å². The third-order valence-electron chi connectivity index (χ3n) is 3.15. The summed E-state index contributed by atoms with van der Waals surface area (Å²) in [5.41, 5.74) is 3.65. The van der Waals surface area contributed by atoms with Gasteiger partial charge in [-0.25, -0.2) is 9.97 Å². The Hall–Kier alpha value is -1.94. The molecule has 1 N–H and O–H groups in total. The predicted octanol–water partition coefficient (Wildman–Crippen LogP) is 2.53. The highest BCUT2D eigenvalue weighted by Crippen LogP contribution is 2.11. The summed E-state index contributed by atoms with van der Waals surface area (Å²) < 4.78 is 0. The van der Waals surface area contributed by atoms with Gasteiger partial charge in [0, 0.05) is 38.1 Å². The highest BCUT2D eigenvalue weighted by atomic mass is 15.2. The van der Waals surface area contributed by atoms with E-state index in [1.54, 1.807) is 0 Å². The van der Waals surface area contributed by atoms with Crippen molar-refractivity contribution in [2.75, 3.05) is 18.5 Å². The van der Waals surface area contributed by atoms with Crippen LogP contribution in [-0.4, -0.2) is 23.6 Å². The van der Waals surface area contributed by atoms with Gasteiger partial charge in [-0.05, 0) is 19.0 Å². The van der Waals surface area contributed by atoms with Gasteiger partial charge in [0.2, 0.25) is 5.95 Å². The number of hydrogen-bond acceptors (Lipinski definition) is 4. The van der Waals surface area contributed by atoms with Crippen LogP contribution in [0.2, 0.25) is 0 Å². The minimum atomic E-state index is 0.755. The monoisotopic (exact) mass is 270 g/mol. The average Bonchev–Trinajstić information content (AvgIpc) is 2.48. The normalized spacial score (nSPS) is 10.6. The lowest BCUT2D eigenvalue weighted by molar-refractivity contribution is 0.719. The topological polar surface area (TPSA) is 41.1 Å². The van der Waals surface area contributed by atoms with Crippen LogP contribution >= 0.6 is 0 Å². The van der Waals surface area contributed by atoms with E-state index in [1.165, 1.54) is 11.1 Å². The van der Waals surface area contributed by atoms with Crippen molar-refractivity contribution in [1.82, 2.24) is 15.3 Å². The summed E-state index contributed by atoms with van der Waals surface area (Å²) in [5, 5.41) is 3.26. The van der Waals surface area contributed by atoms with E-state index in [-0.39, 0.29) is 0 Å². The van der Waals surface area contributed by atoms with Crippen LogP contribution < -0.4 is 10.2 Å². The summed E-state index contributed by atoms with van der Waals surface area (Å²) in [4.78, 5) is 10.9. The fourth-order valence-corrected chi connectivity index (χ4v) is 1.94. The molecular formula is C16H22N4. The number of nitrogens with one attached hydrogen (secondary N) is 1. The van der Waals surface area contributed by atoms with Crippen LogP contribution in [0.4, 0.5) is 5.95 Å².